The van der Waals surface area contributed by atoms with Gasteiger partial charge in [-0.2, -0.15) is 13.2 Å². The molecule has 0 heterocycles. The van der Waals surface area contributed by atoms with E-state index in [1.54, 1.807) is 12.1 Å². The van der Waals surface area contributed by atoms with E-state index in [9.17, 15) is 22.8 Å². The lowest BCUT2D eigenvalue weighted by molar-refractivity contribution is -0.137. The summed E-state index contributed by atoms with van der Waals surface area (Å²) in [5.74, 6) is -0.435. The third-order valence-electron chi connectivity index (χ3n) is 3.20. The molecule has 0 saturated heterocycles. The van der Waals surface area contributed by atoms with Crippen LogP contribution in [0.5, 0.6) is 5.75 Å². The monoisotopic (exact) mass is 371 g/mol. The lowest BCUT2D eigenvalue weighted by Gasteiger charge is -2.12. The van der Waals surface area contributed by atoms with Crippen molar-refractivity contribution in [1.29, 1.82) is 0 Å². The molecule has 0 bridgehead atoms. The van der Waals surface area contributed by atoms with Crippen LogP contribution in [0.4, 0.5) is 18.9 Å². The van der Waals surface area contributed by atoms with Gasteiger partial charge in [-0.1, -0.05) is 11.6 Å². The van der Waals surface area contributed by atoms with Gasteiger partial charge in [0.05, 0.1) is 16.3 Å². The summed E-state index contributed by atoms with van der Waals surface area (Å²) in [7, 11) is 0. The fourth-order valence-corrected chi connectivity index (χ4v) is 2.08. The normalized spacial score (nSPS) is 11.1. The first-order valence-corrected chi connectivity index (χ1v) is 7.45. The Labute approximate surface area is 146 Å². The summed E-state index contributed by atoms with van der Waals surface area (Å²) in [6.45, 7) is 0.994. The summed E-state index contributed by atoms with van der Waals surface area (Å²) < 4.78 is 43.3. The molecule has 25 heavy (non-hydrogen) atoms. The Bertz CT molecular complexity index is 789. The molecule has 132 valence electrons. The molecular formula is C17H13ClF3NO3. The van der Waals surface area contributed by atoms with E-state index in [2.05, 4.69) is 5.32 Å². The zero-order valence-corrected chi connectivity index (χ0v) is 13.7. The number of ketones is 1. The molecule has 4 nitrogen and oxygen atoms in total. The van der Waals surface area contributed by atoms with Gasteiger partial charge in [-0.25, -0.2) is 0 Å². The first-order chi connectivity index (χ1) is 11.7. The molecule has 0 aliphatic heterocycles. The number of nitrogens with one attached hydrogen (secondary N) is 1. The summed E-state index contributed by atoms with van der Waals surface area (Å²) >= 11 is 5.80. The summed E-state index contributed by atoms with van der Waals surface area (Å²) in [6.07, 6.45) is -4.54. The Balaban J connectivity index is 1.99. The van der Waals surface area contributed by atoms with E-state index < -0.39 is 24.3 Å². The fraction of sp³-hybridized carbons (Fsp3) is 0.176. The average Bonchev–Trinajstić information content (AvgIpc) is 2.54. The largest absolute Gasteiger partial charge is 0.484 e. The van der Waals surface area contributed by atoms with Crippen LogP contribution in [0, 0.1) is 0 Å². The van der Waals surface area contributed by atoms with Crippen molar-refractivity contribution in [2.75, 3.05) is 11.9 Å². The topological polar surface area (TPSA) is 55.4 Å². The molecule has 2 aromatic rings. The molecule has 0 aliphatic rings. The van der Waals surface area contributed by atoms with Crippen molar-refractivity contribution < 1.29 is 27.5 Å². The maximum absolute atomic E-state index is 12.7. The van der Waals surface area contributed by atoms with Crippen LogP contribution < -0.4 is 10.1 Å². The van der Waals surface area contributed by atoms with Gasteiger partial charge in [0.15, 0.2) is 12.4 Å². The van der Waals surface area contributed by atoms with Crippen LogP contribution in [0.25, 0.3) is 0 Å². The molecule has 8 heteroatoms. The minimum Gasteiger partial charge on any atom is -0.484 e. The Morgan fingerprint density at radius 3 is 2.32 bits per heavy atom. The molecule has 2 rings (SSSR count). The van der Waals surface area contributed by atoms with E-state index in [0.717, 1.165) is 18.2 Å². The number of hydrogen-bond acceptors (Lipinski definition) is 3. The van der Waals surface area contributed by atoms with Gasteiger partial charge in [-0.05, 0) is 49.4 Å². The highest BCUT2D eigenvalue weighted by Gasteiger charge is 2.31. The number of rotatable bonds is 5. The zero-order valence-electron chi connectivity index (χ0n) is 13.0. The van der Waals surface area contributed by atoms with Crippen molar-refractivity contribution in [2.45, 2.75) is 13.1 Å². The standard InChI is InChI=1S/C17H13ClF3NO3/c1-10(23)11-2-5-13(6-3-11)25-9-16(24)22-15-8-12(17(19,20)21)4-7-14(15)18/h2-8H,9H2,1H3,(H,22,24). The third-order valence-corrected chi connectivity index (χ3v) is 3.53. The Morgan fingerprint density at radius 1 is 1.12 bits per heavy atom. The van der Waals surface area contributed by atoms with Gasteiger partial charge >= 0.3 is 6.18 Å². The highest BCUT2D eigenvalue weighted by atomic mass is 35.5. The predicted octanol–water partition coefficient (Wildman–Crippen LogP) is 4.58. The van der Waals surface area contributed by atoms with Gasteiger partial charge in [-0.15, -0.1) is 0 Å². The van der Waals surface area contributed by atoms with Crippen LogP contribution in [0.1, 0.15) is 22.8 Å². The number of benzene rings is 2. The lowest BCUT2D eigenvalue weighted by Crippen LogP contribution is -2.20. The highest BCUT2D eigenvalue weighted by molar-refractivity contribution is 6.33. The van der Waals surface area contributed by atoms with E-state index in [1.807, 2.05) is 0 Å². The van der Waals surface area contributed by atoms with Crippen molar-refractivity contribution in [3.05, 3.63) is 58.6 Å². The van der Waals surface area contributed by atoms with E-state index >= 15 is 0 Å². The molecule has 0 spiro atoms. The second-order valence-corrected chi connectivity index (χ2v) is 5.52. The van der Waals surface area contributed by atoms with Gasteiger partial charge < -0.3 is 10.1 Å². The SMILES string of the molecule is CC(=O)c1ccc(OCC(=O)Nc2cc(C(F)(F)F)ccc2Cl)cc1. The smallest absolute Gasteiger partial charge is 0.416 e. The number of alkyl halides is 3. The van der Waals surface area contributed by atoms with E-state index in [1.165, 1.54) is 19.1 Å². The maximum atomic E-state index is 12.7. The second kappa shape index (κ2) is 7.57. The van der Waals surface area contributed by atoms with Crippen molar-refractivity contribution in [3.63, 3.8) is 0 Å². The molecule has 0 aromatic heterocycles. The number of hydrogen-bond donors (Lipinski definition) is 1. The van der Waals surface area contributed by atoms with Crippen molar-refractivity contribution in [2.24, 2.45) is 0 Å². The predicted molar refractivity (Wildman–Crippen MR) is 87.0 cm³/mol. The molecule has 0 aliphatic carbocycles. The summed E-state index contributed by atoms with van der Waals surface area (Å²) in [6, 6.07) is 8.75. The summed E-state index contributed by atoms with van der Waals surface area (Å²) in [5.41, 5.74) is -0.586. The second-order valence-electron chi connectivity index (χ2n) is 5.11. The first kappa shape index (κ1) is 18.8. The minimum atomic E-state index is -4.54. The van der Waals surface area contributed by atoms with Crippen LogP contribution in [0.3, 0.4) is 0 Å². The number of carbonyl (C=O) groups is 2. The lowest BCUT2D eigenvalue weighted by atomic mass is 10.1. The van der Waals surface area contributed by atoms with Crippen molar-refractivity contribution >= 4 is 29.0 Å². The molecule has 1 amide bonds. The summed E-state index contributed by atoms with van der Waals surface area (Å²) in [4.78, 5) is 23.0. The van der Waals surface area contributed by atoms with Gasteiger partial charge in [-0.3, -0.25) is 9.59 Å². The number of ether oxygens (including phenoxy) is 1. The molecule has 0 saturated carbocycles. The third kappa shape index (κ3) is 5.22. The number of amides is 1. The van der Waals surface area contributed by atoms with Gasteiger partial charge in [0, 0.05) is 5.56 Å². The van der Waals surface area contributed by atoms with E-state index in [0.29, 0.717) is 11.3 Å². The number of carbonyl (C=O) groups excluding carboxylic acids is 2. The number of anilines is 1. The van der Waals surface area contributed by atoms with Crippen LogP contribution in [0.15, 0.2) is 42.5 Å². The van der Waals surface area contributed by atoms with Crippen LogP contribution >= 0.6 is 11.6 Å². The molecule has 2 aromatic carbocycles. The molecule has 0 radical (unpaired) electrons. The van der Waals surface area contributed by atoms with E-state index in [-0.39, 0.29) is 16.5 Å². The zero-order chi connectivity index (χ0) is 18.6. The Hall–Kier alpha value is -2.54. The highest BCUT2D eigenvalue weighted by Crippen LogP contribution is 2.33. The molecular weight excluding hydrogens is 359 g/mol. The van der Waals surface area contributed by atoms with Crippen LogP contribution in [-0.4, -0.2) is 18.3 Å². The number of halogens is 4. The van der Waals surface area contributed by atoms with E-state index in [4.69, 9.17) is 16.3 Å². The minimum absolute atomic E-state index is 0.0211. The number of Topliss-reactive ketones (excluding diaryl/α,β-unsaturated/α-hetero) is 1. The van der Waals surface area contributed by atoms with Gasteiger partial charge in [0.25, 0.3) is 5.91 Å². The molecule has 0 fully saturated rings. The molecule has 0 atom stereocenters. The average molecular weight is 372 g/mol. The van der Waals surface area contributed by atoms with Crippen LogP contribution in [0.2, 0.25) is 5.02 Å². The summed E-state index contributed by atoms with van der Waals surface area (Å²) in [5, 5.41) is 2.25. The van der Waals surface area contributed by atoms with Crippen molar-refractivity contribution in [3.8, 4) is 5.75 Å². The molecule has 1 N–H and O–H groups in total. The first-order valence-electron chi connectivity index (χ1n) is 7.07. The maximum Gasteiger partial charge on any atom is 0.416 e. The fourth-order valence-electron chi connectivity index (χ4n) is 1.92. The van der Waals surface area contributed by atoms with Gasteiger partial charge in [0.2, 0.25) is 0 Å². The quantitative estimate of drug-likeness (QED) is 0.783. The Kier molecular flexibility index (Phi) is 5.69. The van der Waals surface area contributed by atoms with Crippen molar-refractivity contribution in [1.82, 2.24) is 0 Å². The van der Waals surface area contributed by atoms with Crippen LogP contribution in [-0.2, 0) is 11.0 Å². The molecule has 0 unspecified atom stereocenters. The van der Waals surface area contributed by atoms with Gasteiger partial charge in [0.1, 0.15) is 5.75 Å². The Morgan fingerprint density at radius 2 is 1.76 bits per heavy atom.